The summed E-state index contributed by atoms with van der Waals surface area (Å²) in [6.07, 6.45) is 2.05. The number of fused-ring (bicyclic) bond motifs is 1. The third-order valence-corrected chi connectivity index (χ3v) is 4.67. The molecule has 1 aromatic carbocycles. The third kappa shape index (κ3) is 3.78. The van der Waals surface area contributed by atoms with E-state index in [2.05, 4.69) is 24.0 Å². The van der Waals surface area contributed by atoms with Crippen LogP contribution in [0, 0.1) is 5.92 Å². The normalized spacial score (nSPS) is 19.0. The van der Waals surface area contributed by atoms with Crippen LogP contribution in [0.3, 0.4) is 0 Å². The minimum absolute atomic E-state index is 0.153. The predicted octanol–water partition coefficient (Wildman–Crippen LogP) is 2.50. The highest BCUT2D eigenvalue weighted by Gasteiger charge is 2.24. The number of piperazine rings is 1. The standard InChI is InChI=1S/C18H26N2O3/c1-3-4-14(2)18(21)20-9-7-19(8-10-20)12-15-5-6-16-17(11-15)23-13-22-16/h5-6,11,14H,3-4,7-10,12-13H2,1-2H3. The summed E-state index contributed by atoms with van der Waals surface area (Å²) in [7, 11) is 0. The van der Waals surface area contributed by atoms with Gasteiger partial charge in [-0.3, -0.25) is 9.69 Å². The Hall–Kier alpha value is -1.75. The molecule has 1 unspecified atom stereocenters. The van der Waals surface area contributed by atoms with Gasteiger partial charge in [0.15, 0.2) is 11.5 Å². The molecule has 0 aromatic heterocycles. The summed E-state index contributed by atoms with van der Waals surface area (Å²) >= 11 is 0. The van der Waals surface area contributed by atoms with Crippen molar-refractivity contribution in [2.75, 3.05) is 33.0 Å². The van der Waals surface area contributed by atoms with Crippen LogP contribution in [-0.2, 0) is 11.3 Å². The maximum atomic E-state index is 12.4. The Morgan fingerprint density at radius 3 is 2.65 bits per heavy atom. The number of carbonyl (C=O) groups excluding carboxylic acids is 1. The monoisotopic (exact) mass is 318 g/mol. The first-order valence-electron chi connectivity index (χ1n) is 8.57. The molecular formula is C18H26N2O3. The van der Waals surface area contributed by atoms with Crippen molar-refractivity contribution in [3.8, 4) is 11.5 Å². The Morgan fingerprint density at radius 1 is 1.17 bits per heavy atom. The van der Waals surface area contributed by atoms with Crippen molar-refractivity contribution in [1.29, 1.82) is 0 Å². The van der Waals surface area contributed by atoms with E-state index in [-0.39, 0.29) is 5.92 Å². The molecule has 126 valence electrons. The number of nitrogens with zero attached hydrogens (tertiary/aromatic N) is 2. The van der Waals surface area contributed by atoms with E-state index in [1.807, 2.05) is 17.9 Å². The molecule has 2 aliphatic rings. The van der Waals surface area contributed by atoms with Gasteiger partial charge < -0.3 is 14.4 Å². The van der Waals surface area contributed by atoms with E-state index in [0.717, 1.165) is 57.1 Å². The summed E-state index contributed by atoms with van der Waals surface area (Å²) in [6.45, 7) is 8.91. The lowest BCUT2D eigenvalue weighted by molar-refractivity contribution is -0.137. The van der Waals surface area contributed by atoms with Gasteiger partial charge in [0.25, 0.3) is 0 Å². The molecule has 5 heteroatoms. The molecule has 1 saturated heterocycles. The van der Waals surface area contributed by atoms with Gasteiger partial charge in [0.2, 0.25) is 12.7 Å². The molecule has 0 bridgehead atoms. The molecule has 0 aliphatic carbocycles. The van der Waals surface area contributed by atoms with Gasteiger partial charge in [-0.25, -0.2) is 0 Å². The molecule has 0 N–H and O–H groups in total. The molecule has 1 aromatic rings. The van der Waals surface area contributed by atoms with Crippen molar-refractivity contribution in [3.05, 3.63) is 23.8 Å². The Labute approximate surface area is 138 Å². The van der Waals surface area contributed by atoms with Crippen LogP contribution in [0.2, 0.25) is 0 Å². The van der Waals surface area contributed by atoms with Gasteiger partial charge in [-0.05, 0) is 24.1 Å². The van der Waals surface area contributed by atoms with Crippen LogP contribution in [0.1, 0.15) is 32.3 Å². The Balaban J connectivity index is 1.50. The molecule has 23 heavy (non-hydrogen) atoms. The molecule has 2 heterocycles. The zero-order valence-electron chi connectivity index (χ0n) is 14.1. The topological polar surface area (TPSA) is 42.0 Å². The van der Waals surface area contributed by atoms with Gasteiger partial charge in [0, 0.05) is 38.6 Å². The van der Waals surface area contributed by atoms with Crippen molar-refractivity contribution < 1.29 is 14.3 Å². The SMILES string of the molecule is CCCC(C)C(=O)N1CCN(Cc2ccc3c(c2)OCO3)CC1. The average Bonchev–Trinajstić information content (AvgIpc) is 3.03. The number of amides is 1. The molecule has 0 radical (unpaired) electrons. The van der Waals surface area contributed by atoms with Gasteiger partial charge in [-0.2, -0.15) is 0 Å². The second-order valence-electron chi connectivity index (χ2n) is 6.48. The van der Waals surface area contributed by atoms with Gasteiger partial charge in [0.1, 0.15) is 0 Å². The summed E-state index contributed by atoms with van der Waals surface area (Å²) in [6, 6.07) is 6.13. The van der Waals surface area contributed by atoms with E-state index < -0.39 is 0 Å². The predicted molar refractivity (Wildman–Crippen MR) is 88.5 cm³/mol. The van der Waals surface area contributed by atoms with Crippen molar-refractivity contribution in [1.82, 2.24) is 9.80 Å². The van der Waals surface area contributed by atoms with E-state index in [1.54, 1.807) is 0 Å². The molecule has 1 amide bonds. The summed E-state index contributed by atoms with van der Waals surface area (Å²) < 4.78 is 10.8. The lowest BCUT2D eigenvalue weighted by Gasteiger charge is -2.36. The van der Waals surface area contributed by atoms with E-state index in [9.17, 15) is 4.79 Å². The molecule has 1 atom stereocenters. The van der Waals surface area contributed by atoms with Crippen molar-refractivity contribution in [2.24, 2.45) is 5.92 Å². The number of benzene rings is 1. The van der Waals surface area contributed by atoms with Gasteiger partial charge in [0.05, 0.1) is 0 Å². The van der Waals surface area contributed by atoms with Crippen molar-refractivity contribution in [2.45, 2.75) is 33.2 Å². The average molecular weight is 318 g/mol. The van der Waals surface area contributed by atoms with Crippen molar-refractivity contribution in [3.63, 3.8) is 0 Å². The number of ether oxygens (including phenoxy) is 2. The maximum Gasteiger partial charge on any atom is 0.231 e. The molecule has 5 nitrogen and oxygen atoms in total. The van der Waals surface area contributed by atoms with Gasteiger partial charge in [-0.15, -0.1) is 0 Å². The largest absolute Gasteiger partial charge is 0.454 e. The fraction of sp³-hybridized carbons (Fsp3) is 0.611. The first-order chi connectivity index (χ1) is 11.2. The highest BCUT2D eigenvalue weighted by molar-refractivity contribution is 5.78. The maximum absolute atomic E-state index is 12.4. The van der Waals surface area contributed by atoms with E-state index in [1.165, 1.54) is 5.56 Å². The molecule has 3 rings (SSSR count). The second-order valence-corrected chi connectivity index (χ2v) is 6.48. The summed E-state index contributed by atoms with van der Waals surface area (Å²) in [4.78, 5) is 16.8. The highest BCUT2D eigenvalue weighted by atomic mass is 16.7. The first kappa shape index (κ1) is 16.1. The van der Waals surface area contributed by atoms with E-state index >= 15 is 0 Å². The number of hydrogen-bond donors (Lipinski definition) is 0. The van der Waals surface area contributed by atoms with Gasteiger partial charge >= 0.3 is 0 Å². The van der Waals surface area contributed by atoms with Crippen LogP contribution < -0.4 is 9.47 Å². The quantitative estimate of drug-likeness (QED) is 0.836. The van der Waals surface area contributed by atoms with Crippen LogP contribution in [0.25, 0.3) is 0 Å². The Kier molecular flexibility index (Phi) is 5.06. The summed E-state index contributed by atoms with van der Waals surface area (Å²) in [5, 5.41) is 0. The summed E-state index contributed by atoms with van der Waals surface area (Å²) in [5.41, 5.74) is 1.23. The minimum Gasteiger partial charge on any atom is -0.454 e. The number of hydrogen-bond acceptors (Lipinski definition) is 4. The van der Waals surface area contributed by atoms with E-state index in [4.69, 9.17) is 9.47 Å². The van der Waals surface area contributed by atoms with Crippen LogP contribution in [0.15, 0.2) is 18.2 Å². The van der Waals surface area contributed by atoms with Crippen LogP contribution in [-0.4, -0.2) is 48.7 Å². The lowest BCUT2D eigenvalue weighted by atomic mass is 10.0. The molecule has 0 saturated carbocycles. The van der Waals surface area contributed by atoms with E-state index in [0.29, 0.717) is 12.7 Å². The zero-order valence-corrected chi connectivity index (χ0v) is 14.1. The second kappa shape index (κ2) is 7.21. The minimum atomic E-state index is 0.153. The number of carbonyl (C=O) groups is 1. The van der Waals surface area contributed by atoms with Crippen LogP contribution in [0.4, 0.5) is 0 Å². The van der Waals surface area contributed by atoms with Crippen LogP contribution in [0.5, 0.6) is 11.5 Å². The molecule has 2 aliphatic heterocycles. The summed E-state index contributed by atoms with van der Waals surface area (Å²) in [5.74, 6) is 2.13. The number of rotatable bonds is 5. The van der Waals surface area contributed by atoms with Gasteiger partial charge in [-0.1, -0.05) is 26.3 Å². The van der Waals surface area contributed by atoms with Crippen molar-refractivity contribution >= 4 is 5.91 Å². The molecular weight excluding hydrogens is 292 g/mol. The molecule has 1 fully saturated rings. The highest BCUT2D eigenvalue weighted by Crippen LogP contribution is 2.32. The smallest absolute Gasteiger partial charge is 0.231 e. The lowest BCUT2D eigenvalue weighted by Crippen LogP contribution is -2.49. The first-order valence-corrected chi connectivity index (χ1v) is 8.57. The molecule has 0 spiro atoms. The van der Waals surface area contributed by atoms with Crippen LogP contribution >= 0.6 is 0 Å². The Bertz CT molecular complexity index is 553. The fourth-order valence-electron chi connectivity index (χ4n) is 3.29. The Morgan fingerprint density at radius 2 is 1.91 bits per heavy atom. The fourth-order valence-corrected chi connectivity index (χ4v) is 3.29. The third-order valence-electron chi connectivity index (χ3n) is 4.67. The zero-order chi connectivity index (χ0) is 16.2.